The first-order valence-electron chi connectivity index (χ1n) is 9.85. The summed E-state index contributed by atoms with van der Waals surface area (Å²) in [4.78, 5) is 0.494. The molecule has 0 amide bonds. The van der Waals surface area contributed by atoms with E-state index in [1.807, 2.05) is 0 Å². The Morgan fingerprint density at radius 1 is 1.00 bits per heavy atom. The van der Waals surface area contributed by atoms with E-state index in [2.05, 4.69) is 49.1 Å². The minimum Gasteiger partial charge on any atom is -0.263 e. The molecule has 4 bridgehead atoms. The lowest BCUT2D eigenvalue weighted by atomic mass is 9.58. The molecule has 1 aromatic rings. The third-order valence-corrected chi connectivity index (χ3v) is 10.8. The lowest BCUT2D eigenvalue weighted by Gasteiger charge is -2.52. The number of nitrogens with zero attached hydrogens (tertiary/aromatic N) is 2. The molecule has 3 fully saturated rings. The lowest BCUT2D eigenvalue weighted by molar-refractivity contribution is -0.0215. The second-order valence-electron chi connectivity index (χ2n) is 8.74. The van der Waals surface area contributed by atoms with Crippen molar-refractivity contribution >= 4 is 42.0 Å². The number of hydrogen-bond donors (Lipinski definition) is 0. The third-order valence-electron chi connectivity index (χ3n) is 7.66. The molecule has 0 spiro atoms. The summed E-state index contributed by atoms with van der Waals surface area (Å²) in [6.07, 6.45) is 6.20. The maximum Gasteiger partial charge on any atom is 0.297 e. The first-order chi connectivity index (χ1) is 13.5. The van der Waals surface area contributed by atoms with Gasteiger partial charge in [-0.15, -0.1) is 0 Å². The van der Waals surface area contributed by atoms with Gasteiger partial charge in [-0.25, -0.2) is 0 Å². The minimum absolute atomic E-state index is 0.168. The fourth-order valence-corrected chi connectivity index (χ4v) is 9.35. The summed E-state index contributed by atoms with van der Waals surface area (Å²) >= 11 is 7.26. The Hall–Kier alpha value is -0.570. The molecule has 10 unspecified atom stereocenters. The lowest BCUT2D eigenvalue weighted by Crippen LogP contribution is -2.56. The summed E-state index contributed by atoms with van der Waals surface area (Å²) in [7, 11) is -3.78. The van der Waals surface area contributed by atoms with Crippen LogP contribution in [0.25, 0.3) is 0 Å². The number of alkyl halides is 1. The van der Waals surface area contributed by atoms with Crippen LogP contribution in [0.15, 0.2) is 56.0 Å². The van der Waals surface area contributed by atoms with Crippen LogP contribution in [-0.2, 0) is 14.3 Å². The van der Waals surface area contributed by atoms with Crippen LogP contribution in [0.4, 0.5) is 0 Å². The molecule has 6 aliphatic rings. The molecular formula is C20H20Br2N2O3S. The predicted molar refractivity (Wildman–Crippen MR) is 111 cm³/mol. The number of hydrogen-bond acceptors (Lipinski definition) is 5. The van der Waals surface area contributed by atoms with Crippen LogP contribution in [0.3, 0.4) is 0 Å². The predicted octanol–water partition coefficient (Wildman–Crippen LogP) is 4.58. The van der Waals surface area contributed by atoms with Crippen molar-refractivity contribution in [1.29, 1.82) is 0 Å². The number of fused-ring (bicyclic) bond motifs is 2. The van der Waals surface area contributed by atoms with E-state index >= 15 is 0 Å². The summed E-state index contributed by atoms with van der Waals surface area (Å²) in [6, 6.07) is 7.10. The minimum atomic E-state index is -3.78. The Morgan fingerprint density at radius 3 is 2.54 bits per heavy atom. The van der Waals surface area contributed by atoms with Crippen LogP contribution in [-0.4, -0.2) is 31.4 Å². The van der Waals surface area contributed by atoms with Gasteiger partial charge >= 0.3 is 0 Å². The molecule has 1 aromatic carbocycles. The normalized spacial score (nSPS) is 47.5. The molecule has 3 saturated carbocycles. The second kappa shape index (κ2) is 6.22. The van der Waals surface area contributed by atoms with Crippen molar-refractivity contribution in [2.75, 3.05) is 0 Å². The van der Waals surface area contributed by atoms with E-state index in [1.54, 1.807) is 24.3 Å². The first-order valence-corrected chi connectivity index (χ1v) is 13.0. The van der Waals surface area contributed by atoms with E-state index in [-0.39, 0.29) is 33.8 Å². The fraction of sp³-hybridized carbons (Fsp3) is 0.600. The molecule has 28 heavy (non-hydrogen) atoms. The van der Waals surface area contributed by atoms with Crippen molar-refractivity contribution in [1.82, 2.24) is 0 Å². The van der Waals surface area contributed by atoms with Crippen molar-refractivity contribution in [3.8, 4) is 0 Å². The molecule has 8 heteroatoms. The maximum absolute atomic E-state index is 12.9. The topological polar surface area (TPSA) is 68.1 Å². The first kappa shape index (κ1) is 18.2. The highest BCUT2D eigenvalue weighted by atomic mass is 79.9. The van der Waals surface area contributed by atoms with Gasteiger partial charge in [0.1, 0.15) is 0 Å². The van der Waals surface area contributed by atoms with Crippen molar-refractivity contribution in [3.63, 3.8) is 0 Å². The Balaban J connectivity index is 1.31. The molecule has 7 rings (SSSR count). The van der Waals surface area contributed by atoms with Crippen molar-refractivity contribution in [3.05, 3.63) is 40.9 Å². The van der Waals surface area contributed by atoms with Crippen LogP contribution in [0.2, 0.25) is 0 Å². The highest BCUT2D eigenvalue weighted by Gasteiger charge is 2.69. The van der Waals surface area contributed by atoms with E-state index in [4.69, 9.17) is 9.30 Å². The number of azo groups is 1. The van der Waals surface area contributed by atoms with Gasteiger partial charge in [-0.1, -0.05) is 44.0 Å². The van der Waals surface area contributed by atoms with Crippen molar-refractivity contribution < 1.29 is 12.6 Å². The van der Waals surface area contributed by atoms with Crippen molar-refractivity contribution in [2.45, 2.75) is 40.8 Å². The zero-order valence-corrected chi connectivity index (χ0v) is 18.9. The van der Waals surface area contributed by atoms with Crippen LogP contribution in [0.1, 0.15) is 12.8 Å². The summed E-state index contributed by atoms with van der Waals surface area (Å²) < 4.78 is 32.4. The molecule has 10 atom stereocenters. The molecular weight excluding hydrogens is 508 g/mol. The highest BCUT2D eigenvalue weighted by molar-refractivity contribution is 9.10. The van der Waals surface area contributed by atoms with Gasteiger partial charge in [0.15, 0.2) is 0 Å². The molecule has 148 valence electrons. The van der Waals surface area contributed by atoms with Gasteiger partial charge in [0.2, 0.25) is 0 Å². The molecule has 0 aromatic heterocycles. The Bertz CT molecular complexity index is 980. The number of allylic oxidation sites excluding steroid dienone is 1. The van der Waals surface area contributed by atoms with Gasteiger partial charge in [0, 0.05) is 21.1 Å². The Morgan fingerprint density at radius 2 is 1.75 bits per heavy atom. The van der Waals surface area contributed by atoms with E-state index in [9.17, 15) is 8.42 Å². The van der Waals surface area contributed by atoms with Gasteiger partial charge in [-0.3, -0.25) is 4.18 Å². The van der Waals surface area contributed by atoms with Crippen LogP contribution >= 0.6 is 31.9 Å². The van der Waals surface area contributed by atoms with Gasteiger partial charge in [0.05, 0.1) is 23.1 Å². The average molecular weight is 528 g/mol. The van der Waals surface area contributed by atoms with Crippen LogP contribution < -0.4 is 0 Å². The smallest absolute Gasteiger partial charge is 0.263 e. The highest BCUT2D eigenvalue weighted by Crippen LogP contribution is 2.66. The fourth-order valence-electron chi connectivity index (χ4n) is 6.72. The summed E-state index contributed by atoms with van der Waals surface area (Å²) in [6.45, 7) is 0. The molecule has 0 saturated heterocycles. The SMILES string of the molecule is O=S(=O)(OC1CC2C(Br)C1C1C3N=NC(C4CC=CC43)C21)c1ccc(Br)cc1. The van der Waals surface area contributed by atoms with Gasteiger partial charge in [-0.05, 0) is 60.8 Å². The van der Waals surface area contributed by atoms with Crippen LogP contribution in [0, 0.1) is 35.5 Å². The quantitative estimate of drug-likeness (QED) is 0.328. The molecule has 2 aliphatic heterocycles. The third kappa shape index (κ3) is 2.41. The van der Waals surface area contributed by atoms with Gasteiger partial charge in [-0.2, -0.15) is 18.6 Å². The standard InChI is InChI=1S/C20H20Br2N2O3S/c21-9-4-6-10(7-5-9)28(25,26)27-14-8-13-15-17(16(14)18(13)22)20-12-3-1-2-11(12)19(15)23-24-20/h1,3-7,11-20H,2,8H2. The zero-order chi connectivity index (χ0) is 19.2. The Kier molecular flexibility index (Phi) is 4.05. The summed E-state index contributed by atoms with van der Waals surface area (Å²) in [5.41, 5.74) is 0. The molecule has 0 N–H and O–H groups in total. The number of benzene rings is 1. The van der Waals surface area contributed by atoms with Crippen molar-refractivity contribution in [2.24, 2.45) is 45.7 Å². The number of halogens is 2. The van der Waals surface area contributed by atoms with E-state index in [1.165, 1.54) is 0 Å². The molecule has 5 nitrogen and oxygen atoms in total. The monoisotopic (exact) mass is 526 g/mol. The Labute approximate surface area is 181 Å². The van der Waals surface area contributed by atoms with Gasteiger partial charge < -0.3 is 0 Å². The van der Waals surface area contributed by atoms with Crippen LogP contribution in [0.5, 0.6) is 0 Å². The van der Waals surface area contributed by atoms with Gasteiger partial charge in [0.25, 0.3) is 10.1 Å². The van der Waals surface area contributed by atoms with E-state index in [0.717, 1.165) is 17.3 Å². The molecule has 0 radical (unpaired) electrons. The number of rotatable bonds is 3. The van der Waals surface area contributed by atoms with E-state index in [0.29, 0.717) is 29.6 Å². The molecule has 4 aliphatic carbocycles. The molecule has 2 heterocycles. The van der Waals surface area contributed by atoms with E-state index < -0.39 is 10.1 Å². The summed E-state index contributed by atoms with van der Waals surface area (Å²) in [5.74, 6) is 2.50. The summed E-state index contributed by atoms with van der Waals surface area (Å²) in [5, 5.41) is 9.37. The second-order valence-corrected chi connectivity index (χ2v) is 12.3. The maximum atomic E-state index is 12.9. The zero-order valence-electron chi connectivity index (χ0n) is 14.9. The largest absolute Gasteiger partial charge is 0.297 e. The average Bonchev–Trinajstić information content (AvgIpc) is 3.35.